The van der Waals surface area contributed by atoms with E-state index in [2.05, 4.69) is 5.32 Å². The smallest absolute Gasteiger partial charge is 0.224 e. The third-order valence-electron chi connectivity index (χ3n) is 3.94. The molecule has 1 amide bonds. The van der Waals surface area contributed by atoms with Gasteiger partial charge in [-0.3, -0.25) is 9.59 Å². The largest absolute Gasteiger partial charge is 0.493 e. The Morgan fingerprint density at radius 3 is 2.32 bits per heavy atom. The van der Waals surface area contributed by atoms with Crippen molar-refractivity contribution in [2.45, 2.75) is 26.7 Å². The molecular formula is C20H23NO4. The number of hydrogen-bond acceptors (Lipinski definition) is 4. The summed E-state index contributed by atoms with van der Waals surface area (Å²) in [5.74, 6) is 0.881. The molecule has 0 heterocycles. The molecule has 0 saturated heterocycles. The zero-order chi connectivity index (χ0) is 18.4. The number of methoxy groups -OCH3 is 2. The van der Waals surface area contributed by atoms with Crippen molar-refractivity contribution >= 4 is 17.4 Å². The van der Waals surface area contributed by atoms with Gasteiger partial charge in [-0.2, -0.15) is 0 Å². The Kier molecular flexibility index (Phi) is 6.17. The topological polar surface area (TPSA) is 64.6 Å². The summed E-state index contributed by atoms with van der Waals surface area (Å²) in [5.41, 5.74) is 3.24. The van der Waals surface area contributed by atoms with Crippen LogP contribution in [-0.2, 0) is 4.79 Å². The molecule has 0 aliphatic heterocycles. The molecule has 0 spiro atoms. The second-order valence-corrected chi connectivity index (χ2v) is 5.86. The van der Waals surface area contributed by atoms with E-state index in [9.17, 15) is 9.59 Å². The highest BCUT2D eigenvalue weighted by atomic mass is 16.5. The van der Waals surface area contributed by atoms with Crippen LogP contribution in [0.3, 0.4) is 0 Å². The molecule has 0 radical (unpaired) electrons. The molecule has 0 fully saturated rings. The Morgan fingerprint density at radius 1 is 0.920 bits per heavy atom. The summed E-state index contributed by atoms with van der Waals surface area (Å²) in [6.07, 6.45) is 0.296. The van der Waals surface area contributed by atoms with Gasteiger partial charge >= 0.3 is 0 Å². The number of ether oxygens (including phenoxy) is 2. The van der Waals surface area contributed by atoms with Crippen LogP contribution in [-0.4, -0.2) is 25.9 Å². The van der Waals surface area contributed by atoms with E-state index in [1.807, 2.05) is 32.0 Å². The average Bonchev–Trinajstić information content (AvgIpc) is 2.61. The third-order valence-corrected chi connectivity index (χ3v) is 3.94. The van der Waals surface area contributed by atoms with E-state index >= 15 is 0 Å². The van der Waals surface area contributed by atoms with Gasteiger partial charge < -0.3 is 14.8 Å². The molecule has 0 saturated carbocycles. The van der Waals surface area contributed by atoms with Crippen LogP contribution in [0.1, 0.15) is 34.3 Å². The zero-order valence-electron chi connectivity index (χ0n) is 15.0. The Labute approximate surface area is 148 Å². The Hall–Kier alpha value is -2.82. The lowest BCUT2D eigenvalue weighted by Crippen LogP contribution is -2.14. The monoisotopic (exact) mass is 341 g/mol. The van der Waals surface area contributed by atoms with Gasteiger partial charge in [0.2, 0.25) is 5.91 Å². The van der Waals surface area contributed by atoms with Gasteiger partial charge in [-0.1, -0.05) is 17.7 Å². The van der Waals surface area contributed by atoms with Crippen molar-refractivity contribution in [2.75, 3.05) is 19.5 Å². The number of hydrogen-bond donors (Lipinski definition) is 1. The summed E-state index contributed by atoms with van der Waals surface area (Å²) in [7, 11) is 3.08. The number of anilines is 1. The maximum Gasteiger partial charge on any atom is 0.224 e. The number of carbonyl (C=O) groups is 2. The number of rotatable bonds is 7. The minimum absolute atomic E-state index is 0.0244. The molecule has 1 N–H and O–H groups in total. The number of benzene rings is 2. The summed E-state index contributed by atoms with van der Waals surface area (Å²) in [4.78, 5) is 24.5. The second-order valence-electron chi connectivity index (χ2n) is 5.86. The van der Waals surface area contributed by atoms with Crippen molar-refractivity contribution in [3.05, 3.63) is 53.1 Å². The highest BCUT2D eigenvalue weighted by molar-refractivity contribution is 6.01. The SMILES string of the molecule is COc1ccc(NC(=O)CCC(=O)c2cc(C)ccc2C)cc1OC. The molecule has 0 atom stereocenters. The third kappa shape index (κ3) is 4.83. The first-order chi connectivity index (χ1) is 11.9. The van der Waals surface area contributed by atoms with Crippen molar-refractivity contribution in [1.82, 2.24) is 0 Å². The van der Waals surface area contributed by atoms with Gasteiger partial charge in [-0.25, -0.2) is 0 Å². The van der Waals surface area contributed by atoms with Crippen molar-refractivity contribution in [3.63, 3.8) is 0 Å². The molecule has 0 aliphatic carbocycles. The fourth-order valence-electron chi connectivity index (χ4n) is 2.54. The van der Waals surface area contributed by atoms with Crippen molar-refractivity contribution in [2.24, 2.45) is 0 Å². The van der Waals surface area contributed by atoms with Crippen LogP contribution < -0.4 is 14.8 Å². The van der Waals surface area contributed by atoms with Crippen LogP contribution in [0.4, 0.5) is 5.69 Å². The molecule has 0 aliphatic rings. The predicted molar refractivity (Wildman–Crippen MR) is 97.7 cm³/mol. The van der Waals surface area contributed by atoms with Crippen LogP contribution in [0.2, 0.25) is 0 Å². The molecule has 132 valence electrons. The summed E-state index contributed by atoms with van der Waals surface area (Å²) >= 11 is 0. The number of nitrogens with one attached hydrogen (secondary N) is 1. The summed E-state index contributed by atoms with van der Waals surface area (Å²) in [6.45, 7) is 3.84. The second kappa shape index (κ2) is 8.33. The molecule has 25 heavy (non-hydrogen) atoms. The number of aryl methyl sites for hydroxylation is 2. The zero-order valence-corrected chi connectivity index (χ0v) is 15.0. The average molecular weight is 341 g/mol. The van der Waals surface area contributed by atoms with Gasteiger partial charge in [0, 0.05) is 30.2 Å². The van der Waals surface area contributed by atoms with E-state index in [0.29, 0.717) is 22.7 Å². The van der Waals surface area contributed by atoms with Crippen LogP contribution in [0.25, 0.3) is 0 Å². The normalized spacial score (nSPS) is 10.2. The molecule has 5 heteroatoms. The van der Waals surface area contributed by atoms with Crippen molar-refractivity contribution < 1.29 is 19.1 Å². The molecule has 2 rings (SSSR count). The van der Waals surface area contributed by atoms with E-state index in [1.165, 1.54) is 7.11 Å². The van der Waals surface area contributed by atoms with E-state index in [0.717, 1.165) is 11.1 Å². The lowest BCUT2D eigenvalue weighted by molar-refractivity contribution is -0.116. The Bertz CT molecular complexity index is 783. The first-order valence-corrected chi connectivity index (χ1v) is 8.07. The van der Waals surface area contributed by atoms with Crippen LogP contribution in [0, 0.1) is 13.8 Å². The first-order valence-electron chi connectivity index (χ1n) is 8.07. The number of carbonyl (C=O) groups excluding carboxylic acids is 2. The molecule has 5 nitrogen and oxygen atoms in total. The predicted octanol–water partition coefficient (Wildman–Crippen LogP) is 3.92. The van der Waals surface area contributed by atoms with Crippen LogP contribution in [0.5, 0.6) is 11.5 Å². The number of ketones is 1. The fraction of sp³-hybridized carbons (Fsp3) is 0.300. The molecular weight excluding hydrogens is 318 g/mol. The summed E-state index contributed by atoms with van der Waals surface area (Å²) < 4.78 is 10.4. The minimum Gasteiger partial charge on any atom is -0.493 e. The van der Waals surface area contributed by atoms with E-state index in [1.54, 1.807) is 25.3 Å². The van der Waals surface area contributed by atoms with Crippen molar-refractivity contribution in [1.29, 1.82) is 0 Å². The van der Waals surface area contributed by atoms with Gasteiger partial charge in [-0.15, -0.1) is 0 Å². The van der Waals surface area contributed by atoms with Gasteiger partial charge in [0.25, 0.3) is 0 Å². The van der Waals surface area contributed by atoms with E-state index in [-0.39, 0.29) is 24.5 Å². The van der Waals surface area contributed by atoms with Crippen LogP contribution >= 0.6 is 0 Å². The lowest BCUT2D eigenvalue weighted by Gasteiger charge is -2.11. The highest BCUT2D eigenvalue weighted by Crippen LogP contribution is 2.29. The Morgan fingerprint density at radius 2 is 1.64 bits per heavy atom. The molecule has 0 bridgehead atoms. The van der Waals surface area contributed by atoms with Gasteiger partial charge in [-0.05, 0) is 37.6 Å². The van der Waals surface area contributed by atoms with E-state index in [4.69, 9.17) is 9.47 Å². The fourth-order valence-corrected chi connectivity index (χ4v) is 2.54. The standard InChI is InChI=1S/C20H23NO4/c1-13-5-6-14(2)16(11-13)17(22)8-10-20(23)21-15-7-9-18(24-3)19(12-15)25-4/h5-7,9,11-12H,8,10H2,1-4H3,(H,21,23). The van der Waals surface area contributed by atoms with Gasteiger partial charge in [0.1, 0.15) is 0 Å². The quantitative estimate of drug-likeness (QED) is 0.775. The highest BCUT2D eigenvalue weighted by Gasteiger charge is 2.13. The Balaban J connectivity index is 1.96. The van der Waals surface area contributed by atoms with Crippen molar-refractivity contribution in [3.8, 4) is 11.5 Å². The van der Waals surface area contributed by atoms with E-state index < -0.39 is 0 Å². The summed E-state index contributed by atoms with van der Waals surface area (Å²) in [6, 6.07) is 10.9. The maximum absolute atomic E-state index is 12.3. The molecule has 0 unspecified atom stereocenters. The first kappa shape index (κ1) is 18.5. The molecule has 0 aromatic heterocycles. The van der Waals surface area contributed by atoms with Crippen LogP contribution in [0.15, 0.2) is 36.4 Å². The number of amides is 1. The molecule has 2 aromatic rings. The minimum atomic E-state index is -0.217. The van der Waals surface area contributed by atoms with Gasteiger partial charge in [0.05, 0.1) is 14.2 Å². The molecule has 2 aromatic carbocycles. The maximum atomic E-state index is 12.3. The lowest BCUT2D eigenvalue weighted by atomic mass is 9.99. The number of Topliss-reactive ketones (excluding diaryl/α,β-unsaturated/α-hetero) is 1. The van der Waals surface area contributed by atoms with Gasteiger partial charge in [0.15, 0.2) is 17.3 Å². The summed E-state index contributed by atoms with van der Waals surface area (Å²) in [5, 5.41) is 2.77.